The summed E-state index contributed by atoms with van der Waals surface area (Å²) in [7, 11) is 1.99. The number of hydrogen-bond donors (Lipinski definition) is 2. The molecule has 3 aromatic rings. The molecular weight excluding hydrogens is 286 g/mol. The number of H-pyrrole nitrogens is 1. The van der Waals surface area contributed by atoms with Gasteiger partial charge in [0.25, 0.3) is 0 Å². The fourth-order valence-electron chi connectivity index (χ4n) is 2.97. The zero-order valence-corrected chi connectivity index (χ0v) is 13.7. The Kier molecular flexibility index (Phi) is 4.93. The Labute approximate surface area is 136 Å². The van der Waals surface area contributed by atoms with Crippen LogP contribution in [0, 0.1) is 0 Å². The maximum absolute atomic E-state index is 5.63. The van der Waals surface area contributed by atoms with Crippen LogP contribution in [0.4, 0.5) is 0 Å². The normalized spacial score (nSPS) is 12.4. The van der Waals surface area contributed by atoms with Gasteiger partial charge >= 0.3 is 0 Å². The van der Waals surface area contributed by atoms with E-state index in [4.69, 9.17) is 4.74 Å². The van der Waals surface area contributed by atoms with Crippen LogP contribution in [-0.4, -0.2) is 30.4 Å². The van der Waals surface area contributed by atoms with Crippen LogP contribution in [0.25, 0.3) is 10.9 Å². The number of aromatic nitrogens is 2. The minimum absolute atomic E-state index is 0.359. The second-order valence-electron chi connectivity index (χ2n) is 5.62. The Balaban J connectivity index is 2.01. The third-order valence-corrected chi connectivity index (χ3v) is 4.12. The topological polar surface area (TPSA) is 49.9 Å². The minimum Gasteiger partial charge on any atom is -0.476 e. The van der Waals surface area contributed by atoms with Crippen molar-refractivity contribution >= 4 is 10.9 Å². The van der Waals surface area contributed by atoms with Crippen LogP contribution < -0.4 is 10.1 Å². The highest BCUT2D eigenvalue weighted by molar-refractivity contribution is 5.84. The van der Waals surface area contributed by atoms with E-state index in [0.717, 1.165) is 23.9 Å². The number of nitrogens with zero attached hydrogens (tertiary/aromatic N) is 1. The highest BCUT2D eigenvalue weighted by atomic mass is 16.5. The lowest BCUT2D eigenvalue weighted by atomic mass is 9.88. The molecule has 0 aliphatic carbocycles. The first-order valence-electron chi connectivity index (χ1n) is 8.13. The van der Waals surface area contributed by atoms with E-state index >= 15 is 0 Å². The molecule has 0 aliphatic rings. The van der Waals surface area contributed by atoms with E-state index < -0.39 is 0 Å². The van der Waals surface area contributed by atoms with Crippen LogP contribution in [0.15, 0.2) is 48.5 Å². The summed E-state index contributed by atoms with van der Waals surface area (Å²) in [4.78, 5) is 0. The van der Waals surface area contributed by atoms with Crippen molar-refractivity contribution in [1.29, 1.82) is 0 Å². The molecule has 0 amide bonds. The van der Waals surface area contributed by atoms with E-state index in [1.54, 1.807) is 0 Å². The monoisotopic (exact) mass is 309 g/mol. The van der Waals surface area contributed by atoms with Gasteiger partial charge in [0.1, 0.15) is 0 Å². The molecule has 1 aromatic heterocycles. The average Bonchev–Trinajstić information content (AvgIpc) is 2.99. The maximum atomic E-state index is 5.63. The van der Waals surface area contributed by atoms with Crippen molar-refractivity contribution in [2.75, 3.05) is 20.2 Å². The Bertz CT molecular complexity index is 752. The summed E-state index contributed by atoms with van der Waals surface area (Å²) in [5.41, 5.74) is 3.64. The van der Waals surface area contributed by atoms with E-state index in [-0.39, 0.29) is 0 Å². The molecule has 1 heterocycles. The van der Waals surface area contributed by atoms with Crippen molar-refractivity contribution in [3.05, 3.63) is 59.7 Å². The quantitative estimate of drug-likeness (QED) is 0.699. The summed E-state index contributed by atoms with van der Waals surface area (Å²) in [5, 5.41) is 11.6. The fraction of sp³-hybridized carbons (Fsp3) is 0.316. The Morgan fingerprint density at radius 2 is 1.96 bits per heavy atom. The molecule has 2 aromatic carbocycles. The van der Waals surface area contributed by atoms with Crippen LogP contribution >= 0.6 is 0 Å². The highest BCUT2D eigenvalue weighted by Crippen LogP contribution is 2.32. The van der Waals surface area contributed by atoms with Gasteiger partial charge < -0.3 is 10.1 Å². The summed E-state index contributed by atoms with van der Waals surface area (Å²) >= 11 is 0. The fourth-order valence-corrected chi connectivity index (χ4v) is 2.97. The third-order valence-electron chi connectivity index (χ3n) is 4.12. The molecule has 2 N–H and O–H groups in total. The van der Waals surface area contributed by atoms with Gasteiger partial charge in [-0.15, -0.1) is 5.10 Å². The number of nitrogens with one attached hydrogen (secondary N) is 2. The molecule has 120 valence electrons. The molecule has 0 radical (unpaired) electrons. The smallest absolute Gasteiger partial charge is 0.240 e. The lowest BCUT2D eigenvalue weighted by Gasteiger charge is -2.18. The SMILES string of the molecule is CCOc1n[nH]c2ccc(C(CCNC)c3ccccc3)cc12. The van der Waals surface area contributed by atoms with Crippen LogP contribution in [-0.2, 0) is 0 Å². The molecule has 0 fully saturated rings. The second kappa shape index (κ2) is 7.29. The summed E-state index contributed by atoms with van der Waals surface area (Å²) in [5.74, 6) is 1.04. The average molecular weight is 309 g/mol. The zero-order valence-electron chi connectivity index (χ0n) is 13.7. The lowest BCUT2D eigenvalue weighted by Crippen LogP contribution is -2.13. The molecule has 0 bridgehead atoms. The van der Waals surface area contributed by atoms with Crippen LogP contribution in [0.1, 0.15) is 30.4 Å². The van der Waals surface area contributed by atoms with Crippen molar-refractivity contribution in [2.24, 2.45) is 0 Å². The van der Waals surface area contributed by atoms with Crippen molar-refractivity contribution in [3.63, 3.8) is 0 Å². The number of rotatable bonds is 7. The number of benzene rings is 2. The first-order chi connectivity index (χ1) is 11.3. The predicted octanol–water partition coefficient (Wildman–Crippen LogP) is 3.70. The van der Waals surface area contributed by atoms with E-state index in [0.29, 0.717) is 18.4 Å². The molecule has 3 rings (SSSR count). The van der Waals surface area contributed by atoms with Gasteiger partial charge in [0, 0.05) is 5.92 Å². The Morgan fingerprint density at radius 1 is 1.13 bits per heavy atom. The molecule has 1 atom stereocenters. The number of fused-ring (bicyclic) bond motifs is 1. The van der Waals surface area contributed by atoms with E-state index in [9.17, 15) is 0 Å². The van der Waals surface area contributed by atoms with E-state index in [1.165, 1.54) is 11.1 Å². The predicted molar refractivity (Wildman–Crippen MR) is 94.1 cm³/mol. The molecule has 0 saturated heterocycles. The van der Waals surface area contributed by atoms with Crippen LogP contribution in [0.2, 0.25) is 0 Å². The van der Waals surface area contributed by atoms with Gasteiger partial charge in [-0.05, 0) is 50.2 Å². The van der Waals surface area contributed by atoms with Crippen LogP contribution in [0.3, 0.4) is 0 Å². The molecule has 4 nitrogen and oxygen atoms in total. The van der Waals surface area contributed by atoms with Crippen molar-refractivity contribution in [2.45, 2.75) is 19.3 Å². The van der Waals surface area contributed by atoms with Gasteiger partial charge in [-0.1, -0.05) is 36.4 Å². The summed E-state index contributed by atoms with van der Waals surface area (Å²) < 4.78 is 5.63. The minimum atomic E-state index is 0.359. The van der Waals surface area contributed by atoms with Gasteiger partial charge in [-0.25, -0.2) is 0 Å². The van der Waals surface area contributed by atoms with Gasteiger partial charge in [-0.2, -0.15) is 0 Å². The maximum Gasteiger partial charge on any atom is 0.240 e. The van der Waals surface area contributed by atoms with Crippen molar-refractivity contribution in [1.82, 2.24) is 15.5 Å². The number of hydrogen-bond acceptors (Lipinski definition) is 3. The first-order valence-corrected chi connectivity index (χ1v) is 8.13. The summed E-state index contributed by atoms with van der Waals surface area (Å²) in [6.45, 7) is 3.57. The van der Waals surface area contributed by atoms with Crippen molar-refractivity contribution < 1.29 is 4.74 Å². The summed E-state index contributed by atoms with van der Waals surface area (Å²) in [6.07, 6.45) is 1.05. The summed E-state index contributed by atoms with van der Waals surface area (Å²) in [6, 6.07) is 17.1. The van der Waals surface area contributed by atoms with Gasteiger partial charge in [0.15, 0.2) is 0 Å². The number of aromatic amines is 1. The molecule has 0 saturated carbocycles. The van der Waals surface area contributed by atoms with E-state index in [1.807, 2.05) is 14.0 Å². The number of ether oxygens (including phenoxy) is 1. The molecule has 0 spiro atoms. The third kappa shape index (κ3) is 3.37. The zero-order chi connectivity index (χ0) is 16.1. The largest absolute Gasteiger partial charge is 0.476 e. The molecule has 4 heteroatoms. The molecule has 1 unspecified atom stereocenters. The molecule has 0 aliphatic heterocycles. The first kappa shape index (κ1) is 15.6. The standard InChI is InChI=1S/C19H23N3O/c1-3-23-19-17-13-15(9-10-18(17)21-22-19)16(11-12-20-2)14-7-5-4-6-8-14/h4-10,13,16,20H,3,11-12H2,1-2H3,(H,21,22). The lowest BCUT2D eigenvalue weighted by molar-refractivity contribution is 0.330. The van der Waals surface area contributed by atoms with E-state index in [2.05, 4.69) is 64.0 Å². The Morgan fingerprint density at radius 3 is 2.70 bits per heavy atom. The molecular formula is C19H23N3O. The van der Waals surface area contributed by atoms with Crippen LogP contribution in [0.5, 0.6) is 5.88 Å². The second-order valence-corrected chi connectivity index (χ2v) is 5.62. The highest BCUT2D eigenvalue weighted by Gasteiger charge is 2.16. The molecule has 23 heavy (non-hydrogen) atoms. The van der Waals surface area contributed by atoms with Gasteiger partial charge in [0.2, 0.25) is 5.88 Å². The Hall–Kier alpha value is -2.33. The van der Waals surface area contributed by atoms with Gasteiger partial charge in [-0.3, -0.25) is 5.10 Å². The van der Waals surface area contributed by atoms with Crippen molar-refractivity contribution in [3.8, 4) is 5.88 Å². The van der Waals surface area contributed by atoms with Gasteiger partial charge in [0.05, 0.1) is 17.5 Å².